The maximum atomic E-state index is 13.0. The normalized spacial score (nSPS) is 16.6. The minimum Gasteiger partial charge on any atom is -0.308 e. The number of nitrogens with one attached hydrogen (secondary N) is 1. The van der Waals surface area contributed by atoms with Crippen LogP contribution in [0.1, 0.15) is 19.4 Å². The van der Waals surface area contributed by atoms with E-state index >= 15 is 0 Å². The molecule has 1 heterocycles. The summed E-state index contributed by atoms with van der Waals surface area (Å²) in [6.45, 7) is 3.29. The van der Waals surface area contributed by atoms with Crippen molar-refractivity contribution in [1.82, 2.24) is 0 Å². The minimum atomic E-state index is -3.96. The monoisotopic (exact) mass is 426 g/mol. The van der Waals surface area contributed by atoms with Crippen LogP contribution in [0, 0.1) is 5.82 Å². The molecule has 0 spiro atoms. The Morgan fingerprint density at radius 1 is 1.28 bits per heavy atom. The molecule has 2 aromatic rings. The molecular formula is C17H16BrFN2O3S. The van der Waals surface area contributed by atoms with Crippen LogP contribution in [0.25, 0.3) is 0 Å². The zero-order chi connectivity index (χ0) is 18.4. The van der Waals surface area contributed by atoms with E-state index in [1.54, 1.807) is 0 Å². The number of sulfonamides is 1. The summed E-state index contributed by atoms with van der Waals surface area (Å²) in [6, 6.07) is 8.21. The van der Waals surface area contributed by atoms with Gasteiger partial charge in [0.15, 0.2) is 0 Å². The van der Waals surface area contributed by atoms with Gasteiger partial charge in [0, 0.05) is 23.1 Å². The second kappa shape index (κ2) is 6.42. The van der Waals surface area contributed by atoms with Crippen LogP contribution in [0.3, 0.4) is 0 Å². The number of hydrogen-bond acceptors (Lipinski definition) is 3. The number of anilines is 2. The lowest BCUT2D eigenvalue weighted by molar-refractivity contribution is -0.116. The first-order valence-electron chi connectivity index (χ1n) is 7.59. The van der Waals surface area contributed by atoms with Gasteiger partial charge >= 0.3 is 0 Å². The van der Waals surface area contributed by atoms with E-state index in [0.29, 0.717) is 16.6 Å². The third-order valence-corrected chi connectivity index (χ3v) is 5.89. The Labute approximate surface area is 154 Å². The van der Waals surface area contributed by atoms with Crippen LogP contribution in [0.2, 0.25) is 0 Å². The molecule has 0 unspecified atom stereocenters. The van der Waals surface area contributed by atoms with Crippen LogP contribution in [0.4, 0.5) is 15.8 Å². The minimum absolute atomic E-state index is 0.0146. The van der Waals surface area contributed by atoms with Gasteiger partial charge in [-0.2, -0.15) is 0 Å². The summed E-state index contributed by atoms with van der Waals surface area (Å²) in [4.78, 5) is 13.6. The van der Waals surface area contributed by atoms with Crippen molar-refractivity contribution in [3.63, 3.8) is 0 Å². The smallest absolute Gasteiger partial charge is 0.264 e. The van der Waals surface area contributed by atoms with E-state index in [9.17, 15) is 17.6 Å². The summed E-state index contributed by atoms with van der Waals surface area (Å²) in [7, 11) is -3.96. The number of amides is 1. The Hall–Kier alpha value is -1.93. The number of rotatable bonds is 3. The van der Waals surface area contributed by atoms with Crippen LogP contribution >= 0.6 is 15.9 Å². The summed E-state index contributed by atoms with van der Waals surface area (Å²) in [5.74, 6) is -0.672. The number of fused-ring (bicyclic) bond motifs is 1. The molecule has 0 bridgehead atoms. The standard InChI is InChI=1S/C17H16BrFN2O3S/c1-10-7-12-8-13(18)9-16(17(12)21(10)11(2)22)25(23,24)20-15-5-3-14(19)4-6-15/h3-6,8-10,20H,7H2,1-2H3/t10-/m0/s1. The maximum absolute atomic E-state index is 13.0. The molecule has 1 N–H and O–H groups in total. The van der Waals surface area contributed by atoms with Gasteiger partial charge < -0.3 is 4.90 Å². The third-order valence-electron chi connectivity index (χ3n) is 4.04. The predicted octanol–water partition coefficient (Wildman–Crippen LogP) is 3.69. The molecule has 25 heavy (non-hydrogen) atoms. The quantitative estimate of drug-likeness (QED) is 0.813. The first-order valence-corrected chi connectivity index (χ1v) is 9.87. The Kier molecular flexibility index (Phi) is 4.59. The number of benzene rings is 2. The fourth-order valence-electron chi connectivity index (χ4n) is 3.09. The number of nitrogens with zero attached hydrogens (tertiary/aromatic N) is 1. The lowest BCUT2D eigenvalue weighted by Gasteiger charge is -2.23. The molecule has 1 aliphatic rings. The maximum Gasteiger partial charge on any atom is 0.264 e. The van der Waals surface area contributed by atoms with Gasteiger partial charge in [-0.1, -0.05) is 15.9 Å². The highest BCUT2D eigenvalue weighted by Crippen LogP contribution is 2.40. The van der Waals surface area contributed by atoms with Gasteiger partial charge in [-0.3, -0.25) is 9.52 Å². The number of carbonyl (C=O) groups excluding carboxylic acids is 1. The Morgan fingerprint density at radius 2 is 1.92 bits per heavy atom. The number of hydrogen-bond donors (Lipinski definition) is 1. The fraction of sp³-hybridized carbons (Fsp3) is 0.235. The summed E-state index contributed by atoms with van der Waals surface area (Å²) in [5.41, 5.74) is 1.44. The summed E-state index contributed by atoms with van der Waals surface area (Å²) < 4.78 is 41.9. The highest BCUT2D eigenvalue weighted by atomic mass is 79.9. The van der Waals surface area contributed by atoms with Gasteiger partial charge in [-0.25, -0.2) is 12.8 Å². The molecule has 2 aromatic carbocycles. The van der Waals surface area contributed by atoms with Gasteiger partial charge in [0.05, 0.1) is 5.69 Å². The van der Waals surface area contributed by atoms with Crippen LogP contribution in [0.5, 0.6) is 0 Å². The predicted molar refractivity (Wildman–Crippen MR) is 97.7 cm³/mol. The molecular weight excluding hydrogens is 411 g/mol. The largest absolute Gasteiger partial charge is 0.308 e. The van der Waals surface area contributed by atoms with Gasteiger partial charge in [-0.15, -0.1) is 0 Å². The number of halogens is 2. The molecule has 1 atom stereocenters. The van der Waals surface area contributed by atoms with Gasteiger partial charge in [0.1, 0.15) is 10.7 Å². The molecule has 0 fully saturated rings. The SMILES string of the molecule is CC(=O)N1c2c(cc(Br)cc2S(=O)(=O)Nc2ccc(F)cc2)C[C@@H]1C. The van der Waals surface area contributed by atoms with Crippen molar-refractivity contribution in [1.29, 1.82) is 0 Å². The van der Waals surface area contributed by atoms with Crippen LogP contribution < -0.4 is 9.62 Å². The fourth-order valence-corrected chi connectivity index (χ4v) is 5.07. The van der Waals surface area contributed by atoms with E-state index < -0.39 is 15.8 Å². The van der Waals surface area contributed by atoms with Crippen molar-refractivity contribution in [2.45, 2.75) is 31.2 Å². The average Bonchev–Trinajstić information content (AvgIpc) is 2.84. The molecule has 8 heteroatoms. The summed E-state index contributed by atoms with van der Waals surface area (Å²) >= 11 is 3.33. The molecule has 0 saturated carbocycles. The third kappa shape index (κ3) is 3.41. The van der Waals surface area contributed by atoms with E-state index in [2.05, 4.69) is 20.7 Å². The topological polar surface area (TPSA) is 66.5 Å². The first kappa shape index (κ1) is 17.9. The average molecular weight is 427 g/mol. The van der Waals surface area contributed by atoms with Crippen molar-refractivity contribution in [3.05, 3.63) is 52.3 Å². The molecule has 132 valence electrons. The summed E-state index contributed by atoms with van der Waals surface area (Å²) in [6.07, 6.45) is 0.577. The highest BCUT2D eigenvalue weighted by molar-refractivity contribution is 9.10. The lowest BCUT2D eigenvalue weighted by Crippen LogP contribution is -2.34. The van der Waals surface area contributed by atoms with E-state index in [0.717, 1.165) is 5.56 Å². The molecule has 5 nitrogen and oxygen atoms in total. The van der Waals surface area contributed by atoms with Crippen molar-refractivity contribution >= 4 is 43.2 Å². The molecule has 0 aliphatic carbocycles. The van der Waals surface area contributed by atoms with Crippen LogP contribution in [-0.4, -0.2) is 20.4 Å². The lowest BCUT2D eigenvalue weighted by atomic mass is 10.1. The Balaban J connectivity index is 2.11. The van der Waals surface area contributed by atoms with Crippen LogP contribution in [-0.2, 0) is 21.2 Å². The van der Waals surface area contributed by atoms with E-state index in [1.165, 1.54) is 42.2 Å². The Morgan fingerprint density at radius 3 is 2.52 bits per heavy atom. The zero-order valence-corrected chi connectivity index (χ0v) is 16.0. The van der Waals surface area contributed by atoms with E-state index in [1.807, 2.05) is 13.0 Å². The summed E-state index contributed by atoms with van der Waals surface area (Å²) in [5, 5.41) is 0. The highest BCUT2D eigenvalue weighted by Gasteiger charge is 2.35. The molecule has 1 amide bonds. The first-order chi connectivity index (χ1) is 11.7. The van der Waals surface area contributed by atoms with Gasteiger partial charge in [0.25, 0.3) is 10.0 Å². The second-order valence-corrected chi connectivity index (χ2v) is 8.53. The van der Waals surface area contributed by atoms with Crippen molar-refractivity contribution in [3.8, 4) is 0 Å². The number of carbonyl (C=O) groups is 1. The van der Waals surface area contributed by atoms with Crippen molar-refractivity contribution in [2.24, 2.45) is 0 Å². The zero-order valence-electron chi connectivity index (χ0n) is 13.6. The molecule has 3 rings (SSSR count). The van der Waals surface area contributed by atoms with E-state index in [4.69, 9.17) is 0 Å². The Bertz CT molecular complexity index is 945. The van der Waals surface area contributed by atoms with Crippen molar-refractivity contribution < 1.29 is 17.6 Å². The van der Waals surface area contributed by atoms with E-state index in [-0.39, 0.29) is 22.5 Å². The van der Waals surface area contributed by atoms with Crippen molar-refractivity contribution in [2.75, 3.05) is 9.62 Å². The van der Waals surface area contributed by atoms with Gasteiger partial charge in [-0.05, 0) is 55.3 Å². The van der Waals surface area contributed by atoms with Crippen LogP contribution in [0.15, 0.2) is 45.8 Å². The second-order valence-electron chi connectivity index (χ2n) is 5.97. The molecule has 0 aromatic heterocycles. The molecule has 0 saturated heterocycles. The molecule has 1 aliphatic heterocycles. The van der Waals surface area contributed by atoms with Gasteiger partial charge in [0.2, 0.25) is 5.91 Å². The molecule has 0 radical (unpaired) electrons.